The van der Waals surface area contributed by atoms with Crippen molar-refractivity contribution >= 4 is 61.9 Å². The van der Waals surface area contributed by atoms with Gasteiger partial charge in [-0.15, -0.1) is 22.7 Å². The number of nitrogens with zero attached hydrogens (tertiary/aromatic N) is 2. The van der Waals surface area contributed by atoms with Gasteiger partial charge in [0.25, 0.3) is 0 Å². The molecular weight excluding hydrogens is 541 g/mol. The zero-order valence-electron chi connectivity index (χ0n) is 19.9. The third kappa shape index (κ3) is 4.99. The van der Waals surface area contributed by atoms with Crippen LogP contribution in [0.15, 0.2) is 83.2 Å². The van der Waals surface area contributed by atoms with Gasteiger partial charge >= 0.3 is 0 Å². The van der Waals surface area contributed by atoms with Crippen LogP contribution in [-0.4, -0.2) is 10.6 Å². The number of hydrogen-bond acceptors (Lipinski definition) is 4. The van der Waals surface area contributed by atoms with Crippen LogP contribution >= 0.6 is 45.9 Å². The van der Waals surface area contributed by atoms with Gasteiger partial charge in [-0.25, -0.2) is 4.68 Å². The first-order valence-electron chi connectivity index (χ1n) is 12.0. The first-order chi connectivity index (χ1) is 18.0. The molecule has 186 valence electrons. The average Bonchev–Trinajstić information content (AvgIpc) is 3.54. The van der Waals surface area contributed by atoms with Gasteiger partial charge in [-0.05, 0) is 71.7 Å². The molecule has 37 heavy (non-hydrogen) atoms. The van der Waals surface area contributed by atoms with Crippen molar-refractivity contribution in [1.29, 1.82) is 0 Å². The number of benzene rings is 3. The van der Waals surface area contributed by atoms with Crippen molar-refractivity contribution in [3.05, 3.63) is 110 Å². The SMILES string of the molecule is Cc1c(-c2csc(=NCc3ccc(Cl)cc3)n2NC(=O)C2CC2c2ccccc2)sc2ccc(Cl)cc12. The van der Waals surface area contributed by atoms with Crippen molar-refractivity contribution in [1.82, 2.24) is 4.68 Å². The van der Waals surface area contributed by atoms with E-state index in [2.05, 4.69) is 35.9 Å². The Kier molecular flexibility index (Phi) is 6.67. The van der Waals surface area contributed by atoms with Gasteiger partial charge < -0.3 is 0 Å². The summed E-state index contributed by atoms with van der Waals surface area (Å²) < 4.78 is 3.02. The first-order valence-corrected chi connectivity index (χ1v) is 14.4. The number of aromatic nitrogens is 1. The Morgan fingerprint density at radius 3 is 2.59 bits per heavy atom. The summed E-state index contributed by atoms with van der Waals surface area (Å²) >= 11 is 15.6. The largest absolute Gasteiger partial charge is 0.273 e. The van der Waals surface area contributed by atoms with Gasteiger partial charge in [-0.2, -0.15) is 0 Å². The molecule has 2 heterocycles. The monoisotopic (exact) mass is 563 g/mol. The molecule has 2 atom stereocenters. The highest BCUT2D eigenvalue weighted by atomic mass is 35.5. The third-order valence-corrected chi connectivity index (χ3v) is 9.37. The van der Waals surface area contributed by atoms with Crippen LogP contribution in [0.25, 0.3) is 20.7 Å². The summed E-state index contributed by atoms with van der Waals surface area (Å²) in [6.07, 6.45) is 0.855. The minimum absolute atomic E-state index is 0.0169. The van der Waals surface area contributed by atoms with Crippen molar-refractivity contribution < 1.29 is 4.79 Å². The molecule has 0 saturated heterocycles. The van der Waals surface area contributed by atoms with E-state index in [0.29, 0.717) is 16.6 Å². The molecular formula is C29H23Cl2N3OS2. The van der Waals surface area contributed by atoms with Gasteiger partial charge in [0.15, 0.2) is 0 Å². The van der Waals surface area contributed by atoms with Crippen LogP contribution in [0.3, 0.4) is 0 Å². The van der Waals surface area contributed by atoms with Gasteiger partial charge in [0, 0.05) is 26.0 Å². The Hall–Kier alpha value is -2.90. The predicted octanol–water partition coefficient (Wildman–Crippen LogP) is 8.02. The lowest BCUT2D eigenvalue weighted by Crippen LogP contribution is -2.32. The van der Waals surface area contributed by atoms with Crippen LogP contribution < -0.4 is 10.2 Å². The van der Waals surface area contributed by atoms with E-state index in [1.165, 1.54) is 16.9 Å². The molecule has 4 nitrogen and oxygen atoms in total. The molecule has 1 saturated carbocycles. The fraction of sp³-hybridized carbons (Fsp3) is 0.172. The number of halogens is 2. The zero-order valence-corrected chi connectivity index (χ0v) is 23.1. The summed E-state index contributed by atoms with van der Waals surface area (Å²) in [4.78, 5) is 20.1. The molecule has 1 fully saturated rings. The molecule has 3 aromatic carbocycles. The quantitative estimate of drug-likeness (QED) is 0.223. The molecule has 1 amide bonds. The van der Waals surface area contributed by atoms with Crippen LogP contribution in [0.4, 0.5) is 0 Å². The predicted molar refractivity (Wildman–Crippen MR) is 155 cm³/mol. The van der Waals surface area contributed by atoms with E-state index in [1.54, 1.807) is 11.3 Å². The molecule has 0 bridgehead atoms. The highest BCUT2D eigenvalue weighted by molar-refractivity contribution is 7.22. The maximum atomic E-state index is 13.4. The smallest absolute Gasteiger partial charge is 0.242 e. The molecule has 2 unspecified atom stereocenters. The molecule has 1 aliphatic carbocycles. The number of hydrogen-bond donors (Lipinski definition) is 1. The number of carbonyl (C=O) groups excluding carboxylic acids is 1. The number of nitrogens with one attached hydrogen (secondary N) is 1. The van der Waals surface area contributed by atoms with Gasteiger partial charge in [-0.3, -0.25) is 15.2 Å². The number of amides is 1. The fourth-order valence-electron chi connectivity index (χ4n) is 4.62. The minimum atomic E-state index is -0.0472. The average molecular weight is 565 g/mol. The van der Waals surface area contributed by atoms with Gasteiger partial charge in [-0.1, -0.05) is 65.7 Å². The Bertz CT molecular complexity index is 1670. The summed E-state index contributed by atoms with van der Waals surface area (Å²) in [6, 6.07) is 23.9. The number of thiophene rings is 1. The molecule has 1 aliphatic rings. The van der Waals surface area contributed by atoms with Crippen molar-refractivity contribution in [2.24, 2.45) is 10.9 Å². The van der Waals surface area contributed by atoms with Gasteiger partial charge in [0.1, 0.15) is 0 Å². The molecule has 2 aromatic heterocycles. The number of fused-ring (bicyclic) bond motifs is 1. The maximum Gasteiger partial charge on any atom is 0.242 e. The second-order valence-electron chi connectivity index (χ2n) is 9.21. The Balaban J connectivity index is 1.37. The fourth-order valence-corrected chi connectivity index (χ4v) is 7.02. The summed E-state index contributed by atoms with van der Waals surface area (Å²) in [6.45, 7) is 2.59. The van der Waals surface area contributed by atoms with E-state index in [1.807, 2.05) is 59.3 Å². The number of aryl methyl sites for hydroxylation is 1. The Morgan fingerprint density at radius 2 is 1.81 bits per heavy atom. The van der Waals surface area contributed by atoms with Crippen molar-refractivity contribution in [2.75, 3.05) is 5.43 Å². The number of thiazole rings is 1. The Labute approximate surface area is 232 Å². The highest BCUT2D eigenvalue weighted by Gasteiger charge is 2.44. The summed E-state index contributed by atoms with van der Waals surface area (Å²) in [7, 11) is 0. The van der Waals surface area contributed by atoms with Gasteiger partial charge in [0.05, 0.1) is 17.1 Å². The minimum Gasteiger partial charge on any atom is -0.273 e. The Morgan fingerprint density at radius 1 is 1.05 bits per heavy atom. The van der Waals surface area contributed by atoms with E-state index in [-0.39, 0.29) is 17.7 Å². The van der Waals surface area contributed by atoms with Gasteiger partial charge in [0.2, 0.25) is 10.7 Å². The first kappa shape index (κ1) is 24.4. The normalized spacial score (nSPS) is 17.3. The molecule has 0 radical (unpaired) electrons. The summed E-state index contributed by atoms with van der Waals surface area (Å²) in [5, 5.41) is 4.61. The van der Waals surface area contributed by atoms with E-state index in [0.717, 1.165) is 43.0 Å². The lowest BCUT2D eigenvalue weighted by atomic mass is 10.1. The molecule has 1 N–H and O–H groups in total. The van der Waals surface area contributed by atoms with E-state index in [9.17, 15) is 4.79 Å². The lowest BCUT2D eigenvalue weighted by molar-refractivity contribution is -0.118. The molecule has 6 rings (SSSR count). The van der Waals surface area contributed by atoms with Crippen LogP contribution in [0, 0.1) is 12.8 Å². The molecule has 0 aliphatic heterocycles. The van der Waals surface area contributed by atoms with Crippen LogP contribution in [0.2, 0.25) is 10.0 Å². The van der Waals surface area contributed by atoms with E-state index in [4.69, 9.17) is 28.2 Å². The highest BCUT2D eigenvalue weighted by Crippen LogP contribution is 2.47. The zero-order chi connectivity index (χ0) is 25.5. The molecule has 0 spiro atoms. The molecule has 8 heteroatoms. The lowest BCUT2D eigenvalue weighted by Gasteiger charge is -2.11. The topological polar surface area (TPSA) is 46.4 Å². The second kappa shape index (κ2) is 10.1. The molecule has 5 aromatic rings. The summed E-state index contributed by atoms with van der Waals surface area (Å²) in [5.74, 6) is 0.226. The number of carbonyl (C=O) groups is 1. The van der Waals surface area contributed by atoms with Crippen LogP contribution in [0.1, 0.15) is 29.0 Å². The van der Waals surface area contributed by atoms with Crippen molar-refractivity contribution in [3.63, 3.8) is 0 Å². The van der Waals surface area contributed by atoms with Crippen molar-refractivity contribution in [3.8, 4) is 10.6 Å². The van der Waals surface area contributed by atoms with Crippen molar-refractivity contribution in [2.45, 2.75) is 25.8 Å². The summed E-state index contributed by atoms with van der Waals surface area (Å²) in [5.41, 5.74) is 7.54. The number of rotatable bonds is 6. The van der Waals surface area contributed by atoms with E-state index >= 15 is 0 Å². The van der Waals surface area contributed by atoms with Crippen LogP contribution in [0.5, 0.6) is 0 Å². The maximum absolute atomic E-state index is 13.4. The second-order valence-corrected chi connectivity index (χ2v) is 12.0. The van der Waals surface area contributed by atoms with E-state index < -0.39 is 0 Å². The van der Waals surface area contributed by atoms with Crippen LogP contribution in [-0.2, 0) is 11.3 Å². The standard InChI is InChI=1S/C29H23Cl2N3OS2/c1-17-22-13-21(31)11-12-26(22)37-27(17)25-16-36-29(32-15-18-7-9-20(30)10-8-18)34(25)33-28(35)24-14-23(24)19-5-3-2-4-6-19/h2-13,16,23-24H,14-15H2,1H3,(H,33,35). The third-order valence-electron chi connectivity index (χ3n) is 6.73.